The number of hydrogen-bond donors (Lipinski definition) is 4. The van der Waals surface area contributed by atoms with E-state index in [4.69, 9.17) is 38.7 Å². The van der Waals surface area contributed by atoms with Gasteiger partial charge >= 0.3 is 24.3 Å². The molecular formula is C30H32F6N4O9. The van der Waals surface area contributed by atoms with Gasteiger partial charge in [0, 0.05) is 31.4 Å². The number of aromatic amines is 1. The van der Waals surface area contributed by atoms with Crippen LogP contribution < -0.4 is 19.5 Å². The van der Waals surface area contributed by atoms with Gasteiger partial charge in [-0.25, -0.2) is 9.59 Å². The lowest BCUT2D eigenvalue weighted by Crippen LogP contribution is -2.38. The molecule has 2 aliphatic heterocycles. The summed E-state index contributed by atoms with van der Waals surface area (Å²) in [5.74, 6) is -3.76. The fourth-order valence-corrected chi connectivity index (χ4v) is 4.34. The summed E-state index contributed by atoms with van der Waals surface area (Å²) < 4.78 is 86.2. The molecular weight excluding hydrogens is 674 g/mol. The summed E-state index contributed by atoms with van der Waals surface area (Å²) in [4.78, 5) is 33.3. The van der Waals surface area contributed by atoms with Gasteiger partial charge in [-0.1, -0.05) is 6.07 Å². The van der Waals surface area contributed by atoms with Crippen LogP contribution in [-0.4, -0.2) is 109 Å². The van der Waals surface area contributed by atoms with E-state index in [1.807, 2.05) is 42.6 Å². The zero-order valence-corrected chi connectivity index (χ0v) is 25.8. The summed E-state index contributed by atoms with van der Waals surface area (Å²) in [7, 11) is 1.63. The summed E-state index contributed by atoms with van der Waals surface area (Å²) in [5.41, 5.74) is 3.51. The largest absolute Gasteiger partial charge is 0.497 e. The molecule has 0 aliphatic carbocycles. The van der Waals surface area contributed by atoms with Gasteiger partial charge < -0.3 is 34.5 Å². The van der Waals surface area contributed by atoms with Gasteiger partial charge in [0.2, 0.25) is 5.91 Å². The number of carboxylic acids is 2. The average molecular weight is 707 g/mol. The van der Waals surface area contributed by atoms with Gasteiger partial charge in [-0.05, 0) is 47.9 Å². The van der Waals surface area contributed by atoms with Crippen molar-refractivity contribution in [2.24, 2.45) is 5.92 Å². The van der Waals surface area contributed by atoms with Crippen LogP contribution in [0.25, 0.3) is 11.1 Å². The number of carboxylic acid groups (broad SMARTS) is 2. The van der Waals surface area contributed by atoms with Crippen molar-refractivity contribution in [1.82, 2.24) is 15.1 Å². The molecule has 1 aromatic heterocycles. The number of aromatic nitrogens is 2. The first-order valence-corrected chi connectivity index (χ1v) is 14.4. The number of nitrogens with zero attached hydrogens (tertiary/aromatic N) is 2. The third kappa shape index (κ3) is 12.2. The average Bonchev–Trinajstić information content (AvgIpc) is 3.60. The molecule has 1 fully saturated rings. The molecule has 3 aromatic rings. The Balaban J connectivity index is 0.000000392. The summed E-state index contributed by atoms with van der Waals surface area (Å²) in [6.45, 7) is 4.92. The molecule has 0 spiro atoms. The van der Waals surface area contributed by atoms with Crippen molar-refractivity contribution >= 4 is 23.5 Å². The molecule has 1 unspecified atom stereocenters. The summed E-state index contributed by atoms with van der Waals surface area (Å²) in [6, 6.07) is 11.4. The molecule has 1 atom stereocenters. The molecule has 2 aliphatic rings. The van der Waals surface area contributed by atoms with Crippen molar-refractivity contribution in [1.29, 1.82) is 0 Å². The second-order valence-corrected chi connectivity index (χ2v) is 10.3. The maximum Gasteiger partial charge on any atom is 0.490 e. The van der Waals surface area contributed by atoms with Crippen LogP contribution in [0.2, 0.25) is 0 Å². The van der Waals surface area contributed by atoms with E-state index >= 15 is 0 Å². The molecule has 1 saturated heterocycles. The molecule has 2 aromatic carbocycles. The zero-order valence-electron chi connectivity index (χ0n) is 25.8. The van der Waals surface area contributed by atoms with Crippen LogP contribution in [0.15, 0.2) is 48.8 Å². The zero-order chi connectivity index (χ0) is 36.2. The first-order chi connectivity index (χ1) is 23.1. The van der Waals surface area contributed by atoms with Gasteiger partial charge in [0.05, 0.1) is 38.1 Å². The van der Waals surface area contributed by atoms with Gasteiger partial charge in [0.25, 0.3) is 0 Å². The molecule has 19 heteroatoms. The predicted molar refractivity (Wildman–Crippen MR) is 158 cm³/mol. The van der Waals surface area contributed by atoms with E-state index in [0.29, 0.717) is 31.1 Å². The highest BCUT2D eigenvalue weighted by Gasteiger charge is 2.39. The number of alkyl halides is 6. The lowest BCUT2D eigenvalue weighted by Gasteiger charge is -2.27. The van der Waals surface area contributed by atoms with Crippen molar-refractivity contribution < 1.29 is 69.9 Å². The maximum atomic E-state index is 13.2. The van der Waals surface area contributed by atoms with Gasteiger partial charge in [-0.3, -0.25) is 14.8 Å². The van der Waals surface area contributed by atoms with Crippen molar-refractivity contribution in [2.45, 2.75) is 18.8 Å². The summed E-state index contributed by atoms with van der Waals surface area (Å²) in [5, 5.41) is 24.2. The van der Waals surface area contributed by atoms with E-state index in [9.17, 15) is 31.1 Å². The second-order valence-electron chi connectivity index (χ2n) is 10.3. The van der Waals surface area contributed by atoms with Crippen LogP contribution >= 0.6 is 0 Å². The van der Waals surface area contributed by atoms with Gasteiger partial charge in [0.15, 0.2) is 0 Å². The molecule has 0 saturated carbocycles. The number of ether oxygens (including phenoxy) is 4. The summed E-state index contributed by atoms with van der Waals surface area (Å²) in [6.07, 6.45) is -5.99. The molecule has 268 valence electrons. The number of carbonyl (C=O) groups excluding carboxylic acids is 1. The maximum absolute atomic E-state index is 13.2. The van der Waals surface area contributed by atoms with E-state index in [1.54, 1.807) is 13.3 Å². The van der Waals surface area contributed by atoms with E-state index in [1.165, 1.54) is 0 Å². The number of aliphatic carboxylic acids is 2. The highest BCUT2D eigenvalue weighted by molar-refractivity contribution is 5.95. The first kappa shape index (κ1) is 38.4. The first-order valence-electron chi connectivity index (χ1n) is 14.4. The third-order valence-electron chi connectivity index (χ3n) is 6.87. The van der Waals surface area contributed by atoms with E-state index < -0.39 is 24.3 Å². The minimum absolute atomic E-state index is 0.104. The number of amides is 1. The Labute approximate surface area is 274 Å². The number of methoxy groups -OCH3 is 1. The van der Waals surface area contributed by atoms with Crippen molar-refractivity contribution in [3.8, 4) is 28.4 Å². The fourth-order valence-electron chi connectivity index (χ4n) is 4.34. The molecule has 3 heterocycles. The molecule has 1 amide bonds. The van der Waals surface area contributed by atoms with Crippen LogP contribution in [0.4, 0.5) is 32.0 Å². The number of hydrogen-bond acceptors (Lipinski definition) is 9. The van der Waals surface area contributed by atoms with E-state index in [2.05, 4.69) is 20.4 Å². The summed E-state index contributed by atoms with van der Waals surface area (Å²) >= 11 is 0. The van der Waals surface area contributed by atoms with Crippen LogP contribution in [-0.2, 0) is 25.5 Å². The highest BCUT2D eigenvalue weighted by Crippen LogP contribution is 2.34. The topological polar surface area (TPSA) is 173 Å². The number of benzene rings is 2. The lowest BCUT2D eigenvalue weighted by atomic mass is 9.95. The Bertz CT molecular complexity index is 1520. The number of nitrogens with one attached hydrogen (secondary N) is 2. The Morgan fingerprint density at radius 3 is 2.22 bits per heavy atom. The van der Waals surface area contributed by atoms with Crippen molar-refractivity contribution in [3.05, 3.63) is 54.4 Å². The molecule has 0 radical (unpaired) electrons. The quantitative estimate of drug-likeness (QED) is 0.247. The lowest BCUT2D eigenvalue weighted by molar-refractivity contribution is -0.193. The minimum atomic E-state index is -5.08. The number of morpholine rings is 1. The molecule has 49 heavy (non-hydrogen) atoms. The second kappa shape index (κ2) is 17.4. The van der Waals surface area contributed by atoms with Gasteiger partial charge in [-0.15, -0.1) is 0 Å². The van der Waals surface area contributed by atoms with Crippen LogP contribution in [0, 0.1) is 5.92 Å². The van der Waals surface area contributed by atoms with Gasteiger partial charge in [0.1, 0.15) is 30.5 Å². The number of anilines is 1. The van der Waals surface area contributed by atoms with Crippen LogP contribution in [0.1, 0.15) is 5.56 Å². The van der Waals surface area contributed by atoms with Gasteiger partial charge in [-0.2, -0.15) is 31.4 Å². The minimum Gasteiger partial charge on any atom is -0.497 e. The monoisotopic (exact) mass is 706 g/mol. The van der Waals surface area contributed by atoms with E-state index in [-0.39, 0.29) is 11.8 Å². The molecule has 0 bridgehead atoms. The normalized spacial score (nSPS) is 15.9. The van der Waals surface area contributed by atoms with Crippen molar-refractivity contribution in [2.75, 3.05) is 58.5 Å². The van der Waals surface area contributed by atoms with Crippen LogP contribution in [0.3, 0.4) is 0 Å². The SMILES string of the molecule is COc1ccc2c(c1)CC(C(=O)Nc1ccc(-c3cn[nH]c3)cc1OCCN1CCOCC1)CO2.O=C(O)C(F)(F)F.O=C(O)C(F)(F)F. The van der Waals surface area contributed by atoms with E-state index in [0.717, 1.165) is 61.0 Å². The smallest absolute Gasteiger partial charge is 0.490 e. The van der Waals surface area contributed by atoms with Crippen LogP contribution in [0.5, 0.6) is 17.2 Å². The fraction of sp³-hybridized carbons (Fsp3) is 0.400. The molecule has 5 rings (SSSR count). The Morgan fingerprint density at radius 2 is 1.65 bits per heavy atom. The Kier molecular flexibility index (Phi) is 13.6. The number of carbonyl (C=O) groups is 3. The molecule has 13 nitrogen and oxygen atoms in total. The predicted octanol–water partition coefficient (Wildman–Crippen LogP) is 4.25. The Morgan fingerprint density at radius 1 is 1.00 bits per heavy atom. The number of fused-ring (bicyclic) bond motifs is 1. The number of rotatable bonds is 8. The number of H-pyrrole nitrogens is 1. The third-order valence-corrected chi connectivity index (χ3v) is 6.87. The van der Waals surface area contributed by atoms with Crippen molar-refractivity contribution in [3.63, 3.8) is 0 Å². The highest BCUT2D eigenvalue weighted by atomic mass is 19.4. The standard InChI is InChI=1S/C26H30N4O5.2C2HF3O2/c1-32-22-3-5-24-19(13-22)12-20(17-35-24)26(31)29-23-4-2-18(21-15-27-28-16-21)14-25(23)34-11-8-30-6-9-33-10-7-30;2*3-2(4,5)1(6)7/h2-5,13-16,20H,6-12,17H2,1H3,(H,27,28)(H,29,31);2*(H,6,7). The Hall–Kier alpha value is -5.04. The number of halogens is 6. The molecule has 4 N–H and O–H groups in total.